The van der Waals surface area contributed by atoms with Crippen molar-refractivity contribution in [1.29, 1.82) is 5.26 Å². The average Bonchev–Trinajstić information content (AvgIpc) is 2.68. The normalized spacial score (nSPS) is 10.1. The van der Waals surface area contributed by atoms with Crippen LogP contribution in [0.15, 0.2) is 36.4 Å². The van der Waals surface area contributed by atoms with E-state index in [-0.39, 0.29) is 12.3 Å². The number of carbonyl (C=O) groups is 1. The minimum Gasteiger partial charge on any atom is -0.497 e. The molecule has 0 aliphatic heterocycles. The maximum atomic E-state index is 11.4. The molecule has 6 nitrogen and oxygen atoms in total. The number of nitriles is 1. The molecule has 0 radical (unpaired) electrons. The molecule has 0 saturated heterocycles. The van der Waals surface area contributed by atoms with Crippen molar-refractivity contribution in [3.05, 3.63) is 53.1 Å². The molecule has 0 fully saturated rings. The quantitative estimate of drug-likeness (QED) is 0.638. The number of benzene rings is 2. The zero-order valence-corrected chi connectivity index (χ0v) is 16.6. The Balaban J connectivity index is 1.93. The maximum Gasteiger partial charge on any atom is 0.234 e. The first-order chi connectivity index (χ1) is 13.5. The predicted molar refractivity (Wildman–Crippen MR) is 107 cm³/mol. The van der Waals surface area contributed by atoms with E-state index in [9.17, 15) is 4.79 Å². The molecule has 0 aromatic heterocycles. The van der Waals surface area contributed by atoms with Crippen LogP contribution in [0.2, 0.25) is 0 Å². The molecule has 1 amide bonds. The molecule has 0 atom stereocenters. The first-order valence-corrected chi connectivity index (χ1v) is 9.17. The standard InChI is InChI=1S/C22H26N2O4/c1-16-5-4-6-17(2)22(16)28-14-13-27-20-15-19(26-3)8-7-18(20)10-12-24-21(25)9-11-23/h4-8,15H,9-10,12-14H2,1-3H3,(H,24,25). The molecule has 0 saturated carbocycles. The molecular formula is C22H26N2O4. The summed E-state index contributed by atoms with van der Waals surface area (Å²) in [7, 11) is 1.60. The topological polar surface area (TPSA) is 80.6 Å². The number of hydrogen-bond acceptors (Lipinski definition) is 5. The first-order valence-electron chi connectivity index (χ1n) is 9.17. The summed E-state index contributed by atoms with van der Waals surface area (Å²) in [6, 6.07) is 13.5. The number of rotatable bonds is 10. The Kier molecular flexibility index (Phi) is 8.16. The van der Waals surface area contributed by atoms with E-state index in [1.165, 1.54) is 0 Å². The van der Waals surface area contributed by atoms with Crippen molar-refractivity contribution in [2.24, 2.45) is 0 Å². The van der Waals surface area contributed by atoms with Gasteiger partial charge in [0, 0.05) is 12.6 Å². The Labute approximate surface area is 166 Å². The Morgan fingerprint density at radius 1 is 1.11 bits per heavy atom. The Bertz CT molecular complexity index is 823. The predicted octanol–water partition coefficient (Wildman–Crippen LogP) is 3.34. The minimum absolute atomic E-state index is 0.137. The van der Waals surface area contributed by atoms with Crippen LogP contribution < -0.4 is 19.5 Å². The zero-order valence-electron chi connectivity index (χ0n) is 16.6. The van der Waals surface area contributed by atoms with Crippen molar-refractivity contribution >= 4 is 5.91 Å². The van der Waals surface area contributed by atoms with Crippen molar-refractivity contribution in [2.75, 3.05) is 26.9 Å². The maximum absolute atomic E-state index is 11.4. The van der Waals surface area contributed by atoms with Gasteiger partial charge in [0.1, 0.15) is 36.9 Å². The van der Waals surface area contributed by atoms with Crippen LogP contribution in [0.1, 0.15) is 23.1 Å². The third kappa shape index (κ3) is 6.20. The number of aryl methyl sites for hydroxylation is 2. The number of methoxy groups -OCH3 is 1. The highest BCUT2D eigenvalue weighted by atomic mass is 16.5. The lowest BCUT2D eigenvalue weighted by Crippen LogP contribution is -2.25. The van der Waals surface area contributed by atoms with E-state index in [0.29, 0.717) is 37.7 Å². The number of carbonyl (C=O) groups excluding carboxylic acids is 1. The van der Waals surface area contributed by atoms with Crippen LogP contribution in [-0.4, -0.2) is 32.8 Å². The molecule has 0 heterocycles. The Morgan fingerprint density at radius 3 is 2.50 bits per heavy atom. The molecular weight excluding hydrogens is 356 g/mol. The number of amides is 1. The largest absolute Gasteiger partial charge is 0.497 e. The van der Waals surface area contributed by atoms with E-state index in [4.69, 9.17) is 19.5 Å². The second kappa shape index (κ2) is 10.8. The first kappa shape index (κ1) is 21.1. The fraction of sp³-hybridized carbons (Fsp3) is 0.364. The highest BCUT2D eigenvalue weighted by Gasteiger charge is 2.08. The summed E-state index contributed by atoms with van der Waals surface area (Å²) < 4.78 is 17.1. The third-order valence-electron chi connectivity index (χ3n) is 4.23. The van der Waals surface area contributed by atoms with Crippen molar-refractivity contribution in [2.45, 2.75) is 26.7 Å². The summed E-state index contributed by atoms with van der Waals surface area (Å²) >= 11 is 0. The van der Waals surface area contributed by atoms with Crippen molar-refractivity contribution < 1.29 is 19.0 Å². The highest BCUT2D eigenvalue weighted by molar-refractivity contribution is 5.77. The van der Waals surface area contributed by atoms with Gasteiger partial charge in [0.15, 0.2) is 0 Å². The molecule has 0 aliphatic rings. The van der Waals surface area contributed by atoms with Crippen LogP contribution in [0, 0.1) is 25.2 Å². The SMILES string of the molecule is COc1ccc(CCNC(=O)CC#N)c(OCCOc2c(C)cccc2C)c1. The van der Waals surface area contributed by atoms with Gasteiger partial charge in [-0.3, -0.25) is 4.79 Å². The fourth-order valence-corrected chi connectivity index (χ4v) is 2.80. The van der Waals surface area contributed by atoms with Crippen LogP contribution >= 0.6 is 0 Å². The minimum atomic E-state index is -0.277. The van der Waals surface area contributed by atoms with Gasteiger partial charge in [-0.2, -0.15) is 5.26 Å². The highest BCUT2D eigenvalue weighted by Crippen LogP contribution is 2.26. The summed E-state index contributed by atoms with van der Waals surface area (Å²) in [4.78, 5) is 11.4. The van der Waals surface area contributed by atoms with E-state index in [1.807, 2.05) is 56.3 Å². The molecule has 0 aliphatic carbocycles. The van der Waals surface area contributed by atoms with Gasteiger partial charge < -0.3 is 19.5 Å². The number of nitrogens with zero attached hydrogens (tertiary/aromatic N) is 1. The van der Waals surface area contributed by atoms with Crippen molar-refractivity contribution in [1.82, 2.24) is 5.32 Å². The van der Waals surface area contributed by atoms with Gasteiger partial charge >= 0.3 is 0 Å². The van der Waals surface area contributed by atoms with Crippen LogP contribution in [-0.2, 0) is 11.2 Å². The van der Waals surface area contributed by atoms with E-state index in [0.717, 1.165) is 22.4 Å². The number of hydrogen-bond donors (Lipinski definition) is 1. The summed E-state index contributed by atoms with van der Waals surface area (Å²) in [5, 5.41) is 11.3. The molecule has 2 aromatic carbocycles. The summed E-state index contributed by atoms with van der Waals surface area (Å²) in [5.74, 6) is 2.00. The summed E-state index contributed by atoms with van der Waals surface area (Å²) in [6.07, 6.45) is 0.454. The van der Waals surface area contributed by atoms with Crippen molar-refractivity contribution in [3.63, 3.8) is 0 Å². The zero-order chi connectivity index (χ0) is 20.4. The molecule has 0 spiro atoms. The van der Waals surface area contributed by atoms with E-state index in [1.54, 1.807) is 7.11 Å². The van der Waals surface area contributed by atoms with Gasteiger partial charge in [0.2, 0.25) is 5.91 Å². The Hall–Kier alpha value is -3.20. The molecule has 0 unspecified atom stereocenters. The summed E-state index contributed by atoms with van der Waals surface area (Å²) in [6.45, 7) is 5.27. The van der Waals surface area contributed by atoms with Crippen LogP contribution in [0.5, 0.6) is 17.2 Å². The number of ether oxygens (including phenoxy) is 3. The lowest BCUT2D eigenvalue weighted by Gasteiger charge is -2.15. The smallest absolute Gasteiger partial charge is 0.234 e. The van der Waals surface area contributed by atoms with E-state index in [2.05, 4.69) is 5.32 Å². The van der Waals surface area contributed by atoms with Crippen LogP contribution in [0.3, 0.4) is 0 Å². The third-order valence-corrected chi connectivity index (χ3v) is 4.23. The lowest BCUT2D eigenvalue weighted by atomic mass is 10.1. The average molecular weight is 382 g/mol. The van der Waals surface area contributed by atoms with Gasteiger partial charge in [-0.1, -0.05) is 24.3 Å². The lowest BCUT2D eigenvalue weighted by molar-refractivity contribution is -0.120. The van der Waals surface area contributed by atoms with E-state index >= 15 is 0 Å². The van der Waals surface area contributed by atoms with Gasteiger partial charge in [-0.15, -0.1) is 0 Å². The second-order valence-corrected chi connectivity index (χ2v) is 6.33. The Morgan fingerprint density at radius 2 is 1.82 bits per heavy atom. The van der Waals surface area contributed by atoms with Gasteiger partial charge in [0.25, 0.3) is 0 Å². The van der Waals surface area contributed by atoms with Crippen molar-refractivity contribution in [3.8, 4) is 23.3 Å². The van der Waals surface area contributed by atoms with Gasteiger partial charge in [-0.25, -0.2) is 0 Å². The molecule has 2 aromatic rings. The number of para-hydroxylation sites is 1. The molecule has 1 N–H and O–H groups in total. The number of nitrogens with one attached hydrogen (secondary N) is 1. The molecule has 0 bridgehead atoms. The molecule has 28 heavy (non-hydrogen) atoms. The van der Waals surface area contributed by atoms with E-state index < -0.39 is 0 Å². The van der Waals surface area contributed by atoms with Crippen LogP contribution in [0.4, 0.5) is 0 Å². The summed E-state index contributed by atoms with van der Waals surface area (Å²) in [5.41, 5.74) is 3.13. The van der Waals surface area contributed by atoms with Crippen LogP contribution in [0.25, 0.3) is 0 Å². The fourth-order valence-electron chi connectivity index (χ4n) is 2.80. The molecule has 148 valence electrons. The molecule has 6 heteroatoms. The second-order valence-electron chi connectivity index (χ2n) is 6.33. The monoisotopic (exact) mass is 382 g/mol. The van der Waals surface area contributed by atoms with Gasteiger partial charge in [-0.05, 0) is 43.0 Å². The molecule has 2 rings (SSSR count). The van der Waals surface area contributed by atoms with Gasteiger partial charge in [0.05, 0.1) is 13.2 Å².